The maximum Gasteiger partial charge on any atom is 0.0929 e. The van der Waals surface area contributed by atoms with Gasteiger partial charge in [0.2, 0.25) is 0 Å². The predicted molar refractivity (Wildman–Crippen MR) is 85.5 cm³/mol. The molecule has 1 aromatic rings. The molecule has 2 rings (SSSR count). The summed E-state index contributed by atoms with van der Waals surface area (Å²) in [5.41, 5.74) is 0.702. The maximum absolute atomic E-state index is 10.3. The average molecular weight is 316 g/mol. The Hall–Kier alpha value is -0.280. The minimum atomic E-state index is -0.614. The topological polar surface area (TPSA) is 32.3 Å². The molecule has 0 spiro atoms. The number of nitrogens with one attached hydrogen (secondary N) is 1. The van der Waals surface area contributed by atoms with E-state index in [0.29, 0.717) is 34.1 Å². The van der Waals surface area contributed by atoms with E-state index in [1.165, 1.54) is 32.1 Å². The number of rotatable bonds is 4. The summed E-state index contributed by atoms with van der Waals surface area (Å²) in [5.74, 6) is 0.666. The van der Waals surface area contributed by atoms with Gasteiger partial charge in [-0.3, -0.25) is 0 Å². The average Bonchev–Trinajstić information content (AvgIpc) is 2.63. The summed E-state index contributed by atoms with van der Waals surface area (Å²) >= 11 is 12.1. The second-order valence-electron chi connectivity index (χ2n) is 5.81. The van der Waals surface area contributed by atoms with Gasteiger partial charge in [-0.15, -0.1) is 0 Å². The van der Waals surface area contributed by atoms with E-state index in [2.05, 4.69) is 12.2 Å². The first-order valence-electron chi connectivity index (χ1n) is 7.44. The van der Waals surface area contributed by atoms with Crippen molar-refractivity contribution in [1.29, 1.82) is 0 Å². The van der Waals surface area contributed by atoms with Crippen LogP contribution in [0.2, 0.25) is 10.0 Å². The van der Waals surface area contributed by atoms with Gasteiger partial charge in [-0.1, -0.05) is 49.4 Å². The summed E-state index contributed by atoms with van der Waals surface area (Å²) in [5, 5.41) is 15.0. The number of halogens is 2. The molecule has 3 atom stereocenters. The lowest BCUT2D eigenvalue weighted by atomic mass is 9.96. The summed E-state index contributed by atoms with van der Waals surface area (Å²) in [4.78, 5) is 0. The first kappa shape index (κ1) is 16.1. The SMILES string of the molecule is CC1CCCCCC1NCC(O)c1cc(Cl)ccc1Cl. The van der Waals surface area contributed by atoms with Gasteiger partial charge >= 0.3 is 0 Å². The molecule has 0 heterocycles. The van der Waals surface area contributed by atoms with E-state index in [4.69, 9.17) is 23.2 Å². The largest absolute Gasteiger partial charge is 0.387 e. The third-order valence-electron chi connectivity index (χ3n) is 4.25. The van der Waals surface area contributed by atoms with Gasteiger partial charge < -0.3 is 10.4 Å². The molecule has 112 valence electrons. The zero-order valence-corrected chi connectivity index (χ0v) is 13.4. The number of aliphatic hydroxyl groups excluding tert-OH is 1. The van der Waals surface area contributed by atoms with Gasteiger partial charge in [0.05, 0.1) is 6.10 Å². The molecule has 1 aliphatic rings. The molecule has 4 heteroatoms. The molecule has 1 aromatic carbocycles. The van der Waals surface area contributed by atoms with Crippen LogP contribution in [0, 0.1) is 5.92 Å². The van der Waals surface area contributed by atoms with Crippen LogP contribution in [0.15, 0.2) is 18.2 Å². The molecule has 1 aliphatic carbocycles. The lowest BCUT2D eigenvalue weighted by Crippen LogP contribution is -2.37. The zero-order valence-electron chi connectivity index (χ0n) is 11.9. The van der Waals surface area contributed by atoms with E-state index in [0.717, 1.165) is 0 Å². The Morgan fingerprint density at radius 3 is 2.80 bits per heavy atom. The summed E-state index contributed by atoms with van der Waals surface area (Å²) in [7, 11) is 0. The number of hydrogen-bond acceptors (Lipinski definition) is 2. The van der Waals surface area contributed by atoms with E-state index in [1.807, 2.05) is 0 Å². The van der Waals surface area contributed by atoms with Gasteiger partial charge in [0, 0.05) is 28.2 Å². The van der Waals surface area contributed by atoms with Crippen LogP contribution in [0.4, 0.5) is 0 Å². The normalized spacial score (nSPS) is 25.2. The molecule has 1 fully saturated rings. The van der Waals surface area contributed by atoms with Crippen molar-refractivity contribution in [2.75, 3.05) is 6.54 Å². The molecular weight excluding hydrogens is 293 g/mol. The Balaban J connectivity index is 1.93. The molecule has 0 bridgehead atoms. The minimum Gasteiger partial charge on any atom is -0.387 e. The smallest absolute Gasteiger partial charge is 0.0929 e. The van der Waals surface area contributed by atoms with Crippen LogP contribution >= 0.6 is 23.2 Å². The van der Waals surface area contributed by atoms with Crippen LogP contribution in [-0.4, -0.2) is 17.7 Å². The van der Waals surface area contributed by atoms with Crippen LogP contribution in [0.3, 0.4) is 0 Å². The van der Waals surface area contributed by atoms with Crippen molar-refractivity contribution in [2.24, 2.45) is 5.92 Å². The maximum atomic E-state index is 10.3. The van der Waals surface area contributed by atoms with Gasteiger partial charge in [-0.25, -0.2) is 0 Å². The Morgan fingerprint density at radius 1 is 1.25 bits per heavy atom. The fourth-order valence-corrected chi connectivity index (χ4v) is 3.36. The second kappa shape index (κ2) is 7.65. The van der Waals surface area contributed by atoms with Gasteiger partial charge in [0.25, 0.3) is 0 Å². The Bertz CT molecular complexity index is 438. The quantitative estimate of drug-likeness (QED) is 0.797. The van der Waals surface area contributed by atoms with Crippen molar-refractivity contribution in [2.45, 2.75) is 51.2 Å². The van der Waals surface area contributed by atoms with E-state index in [9.17, 15) is 5.11 Å². The molecule has 3 unspecified atom stereocenters. The fraction of sp³-hybridized carbons (Fsp3) is 0.625. The molecule has 0 aromatic heterocycles. The van der Waals surface area contributed by atoms with E-state index in [-0.39, 0.29) is 0 Å². The predicted octanol–water partition coefficient (Wildman–Crippen LogP) is 4.59. The highest BCUT2D eigenvalue weighted by Gasteiger charge is 2.21. The van der Waals surface area contributed by atoms with Crippen LogP contribution in [-0.2, 0) is 0 Å². The number of aliphatic hydroxyl groups is 1. The van der Waals surface area contributed by atoms with Gasteiger partial charge in [-0.05, 0) is 37.0 Å². The fourth-order valence-electron chi connectivity index (χ4n) is 2.94. The third-order valence-corrected chi connectivity index (χ3v) is 4.83. The minimum absolute atomic E-state index is 0.491. The summed E-state index contributed by atoms with van der Waals surface area (Å²) in [6.07, 6.45) is 5.77. The van der Waals surface area contributed by atoms with Crippen molar-refractivity contribution in [1.82, 2.24) is 5.32 Å². The standard InChI is InChI=1S/C16H23Cl2NO/c1-11-5-3-2-4-6-15(11)19-10-16(20)13-9-12(17)7-8-14(13)18/h7-9,11,15-16,19-20H,2-6,10H2,1H3. The van der Waals surface area contributed by atoms with Crippen LogP contribution in [0.5, 0.6) is 0 Å². The third kappa shape index (κ3) is 4.36. The molecule has 20 heavy (non-hydrogen) atoms. The Morgan fingerprint density at radius 2 is 2.00 bits per heavy atom. The molecule has 2 N–H and O–H groups in total. The highest BCUT2D eigenvalue weighted by molar-refractivity contribution is 6.33. The first-order chi connectivity index (χ1) is 9.58. The molecule has 0 radical (unpaired) electrons. The van der Waals surface area contributed by atoms with Crippen molar-refractivity contribution < 1.29 is 5.11 Å². The number of hydrogen-bond donors (Lipinski definition) is 2. The van der Waals surface area contributed by atoms with Crippen molar-refractivity contribution >= 4 is 23.2 Å². The molecular formula is C16H23Cl2NO. The van der Waals surface area contributed by atoms with E-state index < -0.39 is 6.10 Å². The van der Waals surface area contributed by atoms with E-state index in [1.54, 1.807) is 18.2 Å². The van der Waals surface area contributed by atoms with Crippen molar-refractivity contribution in [3.63, 3.8) is 0 Å². The lowest BCUT2D eigenvalue weighted by Gasteiger charge is -2.25. The monoisotopic (exact) mass is 315 g/mol. The highest BCUT2D eigenvalue weighted by atomic mass is 35.5. The van der Waals surface area contributed by atoms with Crippen molar-refractivity contribution in [3.05, 3.63) is 33.8 Å². The molecule has 0 saturated heterocycles. The summed E-state index contributed by atoms with van der Waals surface area (Å²) in [6.45, 7) is 2.82. The zero-order chi connectivity index (χ0) is 14.5. The molecule has 0 aliphatic heterocycles. The van der Waals surface area contributed by atoms with Crippen LogP contribution < -0.4 is 5.32 Å². The second-order valence-corrected chi connectivity index (χ2v) is 6.66. The molecule has 2 nitrogen and oxygen atoms in total. The summed E-state index contributed by atoms with van der Waals surface area (Å²) < 4.78 is 0. The van der Waals surface area contributed by atoms with Gasteiger partial charge in [0.15, 0.2) is 0 Å². The number of benzene rings is 1. The van der Waals surface area contributed by atoms with E-state index >= 15 is 0 Å². The van der Waals surface area contributed by atoms with Crippen LogP contribution in [0.25, 0.3) is 0 Å². The Kier molecular flexibility index (Phi) is 6.16. The first-order valence-corrected chi connectivity index (χ1v) is 8.20. The van der Waals surface area contributed by atoms with Gasteiger partial charge in [0.1, 0.15) is 0 Å². The summed E-state index contributed by atoms with van der Waals surface area (Å²) in [6, 6.07) is 5.70. The Labute approximate surface area is 131 Å². The van der Waals surface area contributed by atoms with Crippen LogP contribution in [0.1, 0.15) is 50.7 Å². The lowest BCUT2D eigenvalue weighted by molar-refractivity contribution is 0.163. The van der Waals surface area contributed by atoms with Crippen molar-refractivity contribution in [3.8, 4) is 0 Å². The molecule has 1 saturated carbocycles. The van der Waals surface area contributed by atoms with Gasteiger partial charge in [-0.2, -0.15) is 0 Å². The highest BCUT2D eigenvalue weighted by Crippen LogP contribution is 2.27. The molecule has 0 amide bonds.